The van der Waals surface area contributed by atoms with Crippen LogP contribution in [0.1, 0.15) is 35.5 Å². The second kappa shape index (κ2) is 8.35. The Balaban J connectivity index is 1.52. The molecule has 0 saturated carbocycles. The van der Waals surface area contributed by atoms with Crippen molar-refractivity contribution in [1.82, 2.24) is 9.62 Å². The molecule has 0 atom stereocenters. The standard InChI is InChI=1S/C20H27ClN2O3S/c1-14-4-5-19(21)11-20(14)27(24,25)22-12-17-6-8-23(9-7-17)13-18-10-15(2)26-16(18)3/h4-5,10-11,17,22H,6-9,12-13H2,1-3H3. The zero-order valence-corrected chi connectivity index (χ0v) is 17.7. The van der Waals surface area contributed by atoms with Crippen LogP contribution in [0.25, 0.3) is 0 Å². The van der Waals surface area contributed by atoms with Gasteiger partial charge in [0.05, 0.1) is 4.90 Å². The molecule has 1 aliphatic heterocycles. The largest absolute Gasteiger partial charge is 0.466 e. The fraction of sp³-hybridized carbons (Fsp3) is 0.500. The van der Waals surface area contributed by atoms with Gasteiger partial charge in [0, 0.05) is 23.7 Å². The Hall–Kier alpha value is -1.34. The molecule has 27 heavy (non-hydrogen) atoms. The van der Waals surface area contributed by atoms with Gasteiger partial charge in [0.25, 0.3) is 0 Å². The number of benzene rings is 1. The van der Waals surface area contributed by atoms with E-state index in [1.807, 2.05) is 13.8 Å². The van der Waals surface area contributed by atoms with Gasteiger partial charge < -0.3 is 4.42 Å². The van der Waals surface area contributed by atoms with Gasteiger partial charge in [-0.15, -0.1) is 0 Å². The predicted molar refractivity (Wildman–Crippen MR) is 108 cm³/mol. The molecule has 5 nitrogen and oxygen atoms in total. The van der Waals surface area contributed by atoms with Gasteiger partial charge in [-0.3, -0.25) is 4.90 Å². The number of hydrogen-bond acceptors (Lipinski definition) is 4. The predicted octanol–water partition coefficient (Wildman–Crippen LogP) is 4.05. The molecule has 2 aromatic rings. The lowest BCUT2D eigenvalue weighted by Gasteiger charge is -2.31. The van der Waals surface area contributed by atoms with E-state index in [2.05, 4.69) is 15.7 Å². The minimum Gasteiger partial charge on any atom is -0.466 e. The Bertz CT molecular complexity index is 900. The van der Waals surface area contributed by atoms with Crippen LogP contribution in [0, 0.1) is 26.7 Å². The number of rotatable bonds is 6. The fourth-order valence-corrected chi connectivity index (χ4v) is 5.22. The highest BCUT2D eigenvalue weighted by molar-refractivity contribution is 7.89. The lowest BCUT2D eigenvalue weighted by molar-refractivity contribution is 0.178. The van der Waals surface area contributed by atoms with Gasteiger partial charge in [-0.2, -0.15) is 0 Å². The number of hydrogen-bond donors (Lipinski definition) is 1. The van der Waals surface area contributed by atoms with Crippen molar-refractivity contribution in [3.63, 3.8) is 0 Å². The molecule has 1 aromatic carbocycles. The topological polar surface area (TPSA) is 62.6 Å². The van der Waals surface area contributed by atoms with E-state index in [-0.39, 0.29) is 4.90 Å². The highest BCUT2D eigenvalue weighted by Gasteiger charge is 2.23. The molecule has 3 rings (SSSR count). The molecule has 148 valence electrons. The van der Waals surface area contributed by atoms with Gasteiger partial charge in [-0.25, -0.2) is 13.1 Å². The first-order valence-corrected chi connectivity index (χ1v) is 11.1. The molecule has 1 N–H and O–H groups in total. The molecule has 1 aliphatic rings. The second-order valence-electron chi connectivity index (χ2n) is 7.42. The van der Waals surface area contributed by atoms with Crippen molar-refractivity contribution >= 4 is 21.6 Å². The number of halogens is 1. The summed E-state index contributed by atoms with van der Waals surface area (Å²) in [6, 6.07) is 7.05. The van der Waals surface area contributed by atoms with E-state index >= 15 is 0 Å². The van der Waals surface area contributed by atoms with Crippen molar-refractivity contribution in [3.05, 3.63) is 51.9 Å². The highest BCUT2D eigenvalue weighted by Crippen LogP contribution is 2.23. The van der Waals surface area contributed by atoms with E-state index < -0.39 is 10.0 Å². The zero-order valence-electron chi connectivity index (χ0n) is 16.1. The quantitative estimate of drug-likeness (QED) is 0.780. The van der Waals surface area contributed by atoms with Crippen molar-refractivity contribution in [2.75, 3.05) is 19.6 Å². The maximum Gasteiger partial charge on any atom is 0.240 e. The van der Waals surface area contributed by atoms with Crippen LogP contribution < -0.4 is 4.72 Å². The van der Waals surface area contributed by atoms with Crippen LogP contribution in [0.2, 0.25) is 5.02 Å². The first-order valence-electron chi connectivity index (χ1n) is 9.28. The average molecular weight is 411 g/mol. The van der Waals surface area contributed by atoms with Crippen molar-refractivity contribution < 1.29 is 12.8 Å². The van der Waals surface area contributed by atoms with Crippen LogP contribution in [0.4, 0.5) is 0 Å². The summed E-state index contributed by atoms with van der Waals surface area (Å²) in [4.78, 5) is 2.67. The molecule has 0 radical (unpaired) electrons. The van der Waals surface area contributed by atoms with Gasteiger partial charge in [-0.1, -0.05) is 17.7 Å². The molecule has 1 saturated heterocycles. The number of likely N-dealkylation sites (tertiary alicyclic amines) is 1. The second-order valence-corrected chi connectivity index (χ2v) is 9.59. The first kappa shape index (κ1) is 20.4. The summed E-state index contributed by atoms with van der Waals surface area (Å²) in [5.74, 6) is 2.28. The summed E-state index contributed by atoms with van der Waals surface area (Å²) in [7, 11) is -3.54. The maximum absolute atomic E-state index is 12.6. The molecule has 1 aromatic heterocycles. The van der Waals surface area contributed by atoms with E-state index in [1.54, 1.807) is 19.1 Å². The SMILES string of the molecule is Cc1cc(CN2CCC(CNS(=O)(=O)c3cc(Cl)ccc3C)CC2)c(C)o1. The number of nitrogens with one attached hydrogen (secondary N) is 1. The van der Waals surface area contributed by atoms with E-state index in [0.29, 0.717) is 23.0 Å². The summed E-state index contributed by atoms with van der Waals surface area (Å²) in [5, 5.41) is 0.430. The Morgan fingerprint density at radius 3 is 2.52 bits per heavy atom. The van der Waals surface area contributed by atoms with Crippen molar-refractivity contribution in [2.24, 2.45) is 5.92 Å². The van der Waals surface area contributed by atoms with Crippen LogP contribution in [-0.2, 0) is 16.6 Å². The Labute approximate surface area is 166 Å². The molecule has 0 unspecified atom stereocenters. The van der Waals surface area contributed by atoms with Crippen molar-refractivity contribution in [3.8, 4) is 0 Å². The Morgan fingerprint density at radius 2 is 1.89 bits per heavy atom. The Morgan fingerprint density at radius 1 is 1.19 bits per heavy atom. The first-order chi connectivity index (χ1) is 12.7. The molecule has 0 amide bonds. The highest BCUT2D eigenvalue weighted by atomic mass is 35.5. The third-order valence-electron chi connectivity index (χ3n) is 5.25. The lowest BCUT2D eigenvalue weighted by atomic mass is 9.97. The van der Waals surface area contributed by atoms with Crippen LogP contribution in [0.15, 0.2) is 33.6 Å². The average Bonchev–Trinajstić information content (AvgIpc) is 2.93. The zero-order chi connectivity index (χ0) is 19.6. The fourth-order valence-electron chi connectivity index (χ4n) is 3.60. The summed E-state index contributed by atoms with van der Waals surface area (Å²) < 4.78 is 33.6. The molecular formula is C20H27ClN2O3S. The molecule has 0 spiro atoms. The summed E-state index contributed by atoms with van der Waals surface area (Å²) in [5.41, 5.74) is 1.94. The van der Waals surface area contributed by atoms with Crippen molar-refractivity contribution in [2.45, 2.75) is 45.1 Å². The monoisotopic (exact) mass is 410 g/mol. The van der Waals surface area contributed by atoms with E-state index in [0.717, 1.165) is 44.0 Å². The number of sulfonamides is 1. The Kier molecular flexibility index (Phi) is 6.31. The smallest absolute Gasteiger partial charge is 0.240 e. The van der Waals surface area contributed by atoms with E-state index in [1.165, 1.54) is 11.6 Å². The molecule has 7 heteroatoms. The molecule has 1 fully saturated rings. The van der Waals surface area contributed by atoms with Crippen molar-refractivity contribution in [1.29, 1.82) is 0 Å². The lowest BCUT2D eigenvalue weighted by Crippen LogP contribution is -2.38. The van der Waals surface area contributed by atoms with Crippen LogP contribution in [-0.4, -0.2) is 33.0 Å². The van der Waals surface area contributed by atoms with Gasteiger partial charge in [0.2, 0.25) is 10.0 Å². The molecular weight excluding hydrogens is 384 g/mol. The van der Waals surface area contributed by atoms with Gasteiger partial charge in [0.15, 0.2) is 0 Å². The van der Waals surface area contributed by atoms with E-state index in [4.69, 9.17) is 16.0 Å². The molecule has 0 bridgehead atoms. The van der Waals surface area contributed by atoms with Crippen LogP contribution in [0.5, 0.6) is 0 Å². The number of aryl methyl sites for hydroxylation is 3. The van der Waals surface area contributed by atoms with Gasteiger partial charge >= 0.3 is 0 Å². The molecule has 2 heterocycles. The van der Waals surface area contributed by atoms with Crippen LogP contribution >= 0.6 is 11.6 Å². The summed E-state index contributed by atoms with van der Waals surface area (Å²) in [6.07, 6.45) is 1.96. The normalized spacial score (nSPS) is 16.7. The van der Waals surface area contributed by atoms with E-state index in [9.17, 15) is 8.42 Å². The summed E-state index contributed by atoms with van der Waals surface area (Å²) >= 11 is 5.96. The number of nitrogens with zero attached hydrogens (tertiary/aromatic N) is 1. The molecule has 0 aliphatic carbocycles. The number of piperidine rings is 1. The minimum absolute atomic E-state index is 0.262. The van der Waals surface area contributed by atoms with Gasteiger partial charge in [0.1, 0.15) is 11.5 Å². The number of furan rings is 1. The minimum atomic E-state index is -3.54. The maximum atomic E-state index is 12.6. The van der Waals surface area contributed by atoms with Crippen LogP contribution in [0.3, 0.4) is 0 Å². The third-order valence-corrected chi connectivity index (χ3v) is 7.05. The third kappa shape index (κ3) is 5.13. The van der Waals surface area contributed by atoms with Gasteiger partial charge in [-0.05, 0) is 76.4 Å². The summed E-state index contributed by atoms with van der Waals surface area (Å²) in [6.45, 7) is 9.04.